The summed E-state index contributed by atoms with van der Waals surface area (Å²) in [7, 11) is 0. The van der Waals surface area contributed by atoms with Gasteiger partial charge in [-0.05, 0) is 17.5 Å². The first-order valence-electron chi connectivity index (χ1n) is 7.76. The molecule has 2 atom stereocenters. The fraction of sp³-hybridized carbons (Fsp3) is 0.556. The number of carbonyl (C=O) groups excluding carboxylic acids is 2. The van der Waals surface area contributed by atoms with Crippen LogP contribution in [0.25, 0.3) is 0 Å². The van der Waals surface area contributed by atoms with Crippen molar-refractivity contribution in [1.29, 1.82) is 0 Å². The van der Waals surface area contributed by atoms with Crippen LogP contribution in [0.1, 0.15) is 46.1 Å². The highest BCUT2D eigenvalue weighted by Gasteiger charge is 2.28. The number of hydrogen-bond donors (Lipinski definition) is 0. The standard InChI is InChI=1S/C18H24F2O2/c1-5-12(4)15(18(22)11(2)3)10-14(21)9-13-7-6-8-16(19)17(13)20/h6-8,11-12,15H,5,9-10H2,1-4H3/t12-,15-/m0/s1. The van der Waals surface area contributed by atoms with E-state index >= 15 is 0 Å². The molecular weight excluding hydrogens is 286 g/mol. The molecular formula is C18H24F2O2. The first-order valence-corrected chi connectivity index (χ1v) is 7.76. The summed E-state index contributed by atoms with van der Waals surface area (Å²) in [5.41, 5.74) is 0.0462. The number of ketones is 2. The third-order valence-electron chi connectivity index (χ3n) is 4.13. The average molecular weight is 310 g/mol. The zero-order valence-corrected chi connectivity index (χ0v) is 13.7. The van der Waals surface area contributed by atoms with E-state index in [2.05, 4.69) is 0 Å². The summed E-state index contributed by atoms with van der Waals surface area (Å²) >= 11 is 0. The fourth-order valence-electron chi connectivity index (χ4n) is 2.51. The lowest BCUT2D eigenvalue weighted by atomic mass is 9.80. The molecule has 0 unspecified atom stereocenters. The van der Waals surface area contributed by atoms with Gasteiger partial charge < -0.3 is 0 Å². The van der Waals surface area contributed by atoms with Crippen LogP contribution in [-0.4, -0.2) is 11.6 Å². The summed E-state index contributed by atoms with van der Waals surface area (Å²) in [6, 6.07) is 3.80. The molecule has 0 aliphatic carbocycles. The number of carbonyl (C=O) groups is 2. The Morgan fingerprint density at radius 3 is 2.32 bits per heavy atom. The molecule has 0 saturated carbocycles. The maximum absolute atomic E-state index is 13.6. The van der Waals surface area contributed by atoms with Crippen LogP contribution in [0.4, 0.5) is 8.78 Å². The van der Waals surface area contributed by atoms with E-state index in [1.165, 1.54) is 12.1 Å². The number of rotatable bonds is 8. The second-order valence-corrected chi connectivity index (χ2v) is 6.18. The Labute approximate surface area is 130 Å². The highest BCUT2D eigenvalue weighted by atomic mass is 19.2. The molecule has 0 radical (unpaired) electrons. The fourth-order valence-corrected chi connectivity index (χ4v) is 2.51. The van der Waals surface area contributed by atoms with Gasteiger partial charge in [0.25, 0.3) is 0 Å². The molecule has 1 rings (SSSR count). The molecule has 0 heterocycles. The molecule has 0 aromatic heterocycles. The van der Waals surface area contributed by atoms with Gasteiger partial charge in [-0.2, -0.15) is 0 Å². The van der Waals surface area contributed by atoms with E-state index in [9.17, 15) is 18.4 Å². The average Bonchev–Trinajstić information content (AvgIpc) is 2.48. The number of hydrogen-bond acceptors (Lipinski definition) is 2. The SMILES string of the molecule is CC[C@H](C)[C@H](CC(=O)Cc1cccc(F)c1F)C(=O)C(C)C. The zero-order valence-electron chi connectivity index (χ0n) is 13.7. The third kappa shape index (κ3) is 4.72. The van der Waals surface area contributed by atoms with Gasteiger partial charge in [-0.3, -0.25) is 9.59 Å². The third-order valence-corrected chi connectivity index (χ3v) is 4.13. The maximum atomic E-state index is 13.6. The molecule has 0 bridgehead atoms. The molecule has 0 fully saturated rings. The molecule has 0 saturated heterocycles. The second kappa shape index (κ2) is 8.16. The van der Waals surface area contributed by atoms with Crippen LogP contribution in [0.2, 0.25) is 0 Å². The van der Waals surface area contributed by atoms with Gasteiger partial charge in [0, 0.05) is 24.7 Å². The second-order valence-electron chi connectivity index (χ2n) is 6.18. The minimum Gasteiger partial charge on any atom is -0.299 e. The Bertz CT molecular complexity index is 538. The lowest BCUT2D eigenvalue weighted by Crippen LogP contribution is -2.28. The molecule has 122 valence electrons. The van der Waals surface area contributed by atoms with Gasteiger partial charge in [-0.25, -0.2) is 8.78 Å². The first-order chi connectivity index (χ1) is 10.3. The van der Waals surface area contributed by atoms with Crippen molar-refractivity contribution in [2.75, 3.05) is 0 Å². The van der Waals surface area contributed by atoms with E-state index in [1.54, 1.807) is 0 Å². The van der Waals surface area contributed by atoms with Crippen molar-refractivity contribution in [3.63, 3.8) is 0 Å². The Hall–Kier alpha value is -1.58. The summed E-state index contributed by atoms with van der Waals surface area (Å²) in [6.45, 7) is 7.55. The van der Waals surface area contributed by atoms with Gasteiger partial charge in [-0.1, -0.05) is 46.2 Å². The van der Waals surface area contributed by atoms with Gasteiger partial charge in [0.2, 0.25) is 0 Å². The van der Waals surface area contributed by atoms with Crippen LogP contribution in [0.5, 0.6) is 0 Å². The molecule has 0 aliphatic rings. The van der Waals surface area contributed by atoms with Crippen molar-refractivity contribution >= 4 is 11.6 Å². The molecule has 4 heteroatoms. The Morgan fingerprint density at radius 2 is 1.77 bits per heavy atom. The van der Waals surface area contributed by atoms with Crippen molar-refractivity contribution in [2.45, 2.75) is 47.0 Å². The predicted octanol–water partition coefficient (Wildman–Crippen LogP) is 4.35. The minimum absolute atomic E-state index is 0.0462. The van der Waals surface area contributed by atoms with E-state index in [0.717, 1.165) is 12.5 Å². The quantitative estimate of drug-likeness (QED) is 0.715. The lowest BCUT2D eigenvalue weighted by molar-refractivity contribution is -0.131. The van der Waals surface area contributed by atoms with Crippen molar-refractivity contribution in [1.82, 2.24) is 0 Å². The Morgan fingerprint density at radius 1 is 1.14 bits per heavy atom. The van der Waals surface area contributed by atoms with E-state index in [4.69, 9.17) is 0 Å². The van der Waals surface area contributed by atoms with Crippen molar-refractivity contribution < 1.29 is 18.4 Å². The van der Waals surface area contributed by atoms with E-state index in [0.29, 0.717) is 0 Å². The van der Waals surface area contributed by atoms with Gasteiger partial charge in [0.1, 0.15) is 11.6 Å². The van der Waals surface area contributed by atoms with Crippen molar-refractivity contribution in [3.8, 4) is 0 Å². The Kier molecular flexibility index (Phi) is 6.85. The zero-order chi connectivity index (χ0) is 16.9. The number of halogens is 2. The highest BCUT2D eigenvalue weighted by molar-refractivity contribution is 5.90. The lowest BCUT2D eigenvalue weighted by Gasteiger charge is -2.23. The van der Waals surface area contributed by atoms with Crippen LogP contribution < -0.4 is 0 Å². The highest BCUT2D eigenvalue weighted by Crippen LogP contribution is 2.24. The largest absolute Gasteiger partial charge is 0.299 e. The van der Waals surface area contributed by atoms with Crippen LogP contribution in [0.15, 0.2) is 18.2 Å². The predicted molar refractivity (Wildman–Crippen MR) is 82.5 cm³/mol. The van der Waals surface area contributed by atoms with Crippen molar-refractivity contribution in [3.05, 3.63) is 35.4 Å². The van der Waals surface area contributed by atoms with Crippen LogP contribution in [-0.2, 0) is 16.0 Å². The minimum atomic E-state index is -0.980. The van der Waals surface area contributed by atoms with Crippen molar-refractivity contribution in [2.24, 2.45) is 17.8 Å². The van der Waals surface area contributed by atoms with Crippen LogP contribution >= 0.6 is 0 Å². The first kappa shape index (κ1) is 18.5. The molecule has 0 aliphatic heterocycles. The normalized spacial score (nSPS) is 14.0. The van der Waals surface area contributed by atoms with E-state index in [1.807, 2.05) is 27.7 Å². The molecule has 0 amide bonds. The number of benzene rings is 1. The number of Topliss-reactive ketones (excluding diaryl/α,β-unsaturated/α-hetero) is 2. The molecule has 0 N–H and O–H groups in total. The summed E-state index contributed by atoms with van der Waals surface area (Å²) in [5, 5.41) is 0. The van der Waals surface area contributed by atoms with E-state index in [-0.39, 0.29) is 47.7 Å². The smallest absolute Gasteiger partial charge is 0.162 e. The van der Waals surface area contributed by atoms with Gasteiger partial charge in [-0.15, -0.1) is 0 Å². The summed E-state index contributed by atoms with van der Waals surface area (Å²) in [5.74, 6) is -2.51. The topological polar surface area (TPSA) is 34.1 Å². The molecule has 1 aromatic rings. The summed E-state index contributed by atoms with van der Waals surface area (Å²) < 4.78 is 26.8. The molecule has 1 aromatic carbocycles. The molecule has 2 nitrogen and oxygen atoms in total. The van der Waals surface area contributed by atoms with Crippen LogP contribution in [0, 0.1) is 29.4 Å². The van der Waals surface area contributed by atoms with Gasteiger partial charge >= 0.3 is 0 Å². The monoisotopic (exact) mass is 310 g/mol. The summed E-state index contributed by atoms with van der Waals surface area (Å²) in [6.07, 6.45) is 0.703. The van der Waals surface area contributed by atoms with E-state index < -0.39 is 11.6 Å². The Balaban J connectivity index is 2.83. The van der Waals surface area contributed by atoms with Crippen LogP contribution in [0.3, 0.4) is 0 Å². The van der Waals surface area contributed by atoms with Gasteiger partial charge in [0.05, 0.1) is 0 Å². The molecule has 0 spiro atoms. The summed E-state index contributed by atoms with van der Waals surface area (Å²) in [4.78, 5) is 24.5. The molecule has 22 heavy (non-hydrogen) atoms. The maximum Gasteiger partial charge on any atom is 0.162 e. The van der Waals surface area contributed by atoms with Gasteiger partial charge in [0.15, 0.2) is 11.6 Å².